The van der Waals surface area contributed by atoms with Gasteiger partial charge in [0.1, 0.15) is 17.5 Å². The van der Waals surface area contributed by atoms with Crippen molar-refractivity contribution in [3.63, 3.8) is 0 Å². The molecule has 0 saturated carbocycles. The Hall–Kier alpha value is -3.94. The number of aryl methyl sites for hydroxylation is 1. The zero-order chi connectivity index (χ0) is 25.8. The molecule has 1 aliphatic rings. The lowest BCUT2D eigenvalue weighted by molar-refractivity contribution is -0.125. The Morgan fingerprint density at radius 3 is 2.30 bits per heavy atom. The maximum absolute atomic E-state index is 13.6. The number of rotatable bonds is 7. The number of para-hydroxylation sites is 1. The van der Waals surface area contributed by atoms with E-state index in [-0.39, 0.29) is 23.9 Å². The second-order valence-corrected chi connectivity index (χ2v) is 11.0. The highest BCUT2D eigenvalue weighted by atomic mass is 32.2. The number of hydrogen-bond acceptors (Lipinski definition) is 4. The SMILES string of the molecule is Cc1ccc(S(=O)(=O)N2Cc3ccccc3CC2C(=O)NCc2cccc(Oc3ccccc3)c2)cc1. The van der Waals surface area contributed by atoms with Crippen LogP contribution in [0.3, 0.4) is 0 Å². The van der Waals surface area contributed by atoms with E-state index in [9.17, 15) is 13.2 Å². The van der Waals surface area contributed by atoms with E-state index in [0.717, 1.165) is 28.0 Å². The normalized spacial score (nSPS) is 15.5. The van der Waals surface area contributed by atoms with Crippen LogP contribution in [0, 0.1) is 6.92 Å². The van der Waals surface area contributed by atoms with Crippen molar-refractivity contribution in [1.82, 2.24) is 9.62 Å². The second-order valence-electron chi connectivity index (χ2n) is 9.13. The van der Waals surface area contributed by atoms with Crippen LogP contribution in [0.15, 0.2) is 108 Å². The van der Waals surface area contributed by atoms with Crippen molar-refractivity contribution in [2.75, 3.05) is 0 Å². The maximum atomic E-state index is 13.6. The predicted molar refractivity (Wildman–Crippen MR) is 143 cm³/mol. The van der Waals surface area contributed by atoms with Crippen molar-refractivity contribution >= 4 is 15.9 Å². The predicted octanol–water partition coefficient (Wildman–Crippen LogP) is 5.22. The Morgan fingerprint density at radius 2 is 1.54 bits per heavy atom. The lowest BCUT2D eigenvalue weighted by Gasteiger charge is -2.35. The molecule has 0 spiro atoms. The van der Waals surface area contributed by atoms with E-state index in [1.165, 1.54) is 4.31 Å². The molecule has 0 fully saturated rings. The first kappa shape index (κ1) is 24.7. The summed E-state index contributed by atoms with van der Waals surface area (Å²) >= 11 is 0. The van der Waals surface area contributed by atoms with Crippen molar-refractivity contribution in [3.05, 3.63) is 125 Å². The second kappa shape index (κ2) is 10.6. The van der Waals surface area contributed by atoms with E-state index in [1.807, 2.05) is 85.8 Å². The highest BCUT2D eigenvalue weighted by molar-refractivity contribution is 7.89. The highest BCUT2D eigenvalue weighted by Gasteiger charge is 2.39. The van der Waals surface area contributed by atoms with Crippen LogP contribution in [0.1, 0.15) is 22.3 Å². The van der Waals surface area contributed by atoms with Gasteiger partial charge in [-0.2, -0.15) is 4.31 Å². The Morgan fingerprint density at radius 1 is 0.865 bits per heavy atom. The van der Waals surface area contributed by atoms with E-state index in [4.69, 9.17) is 4.74 Å². The lowest BCUT2D eigenvalue weighted by Crippen LogP contribution is -2.52. The monoisotopic (exact) mass is 512 g/mol. The van der Waals surface area contributed by atoms with Gasteiger partial charge in [0, 0.05) is 13.1 Å². The molecule has 0 radical (unpaired) electrons. The van der Waals surface area contributed by atoms with Crippen molar-refractivity contribution in [1.29, 1.82) is 0 Å². The first-order valence-corrected chi connectivity index (χ1v) is 13.6. The van der Waals surface area contributed by atoms with Gasteiger partial charge in [0.25, 0.3) is 0 Å². The Kier molecular flexibility index (Phi) is 7.08. The van der Waals surface area contributed by atoms with Gasteiger partial charge < -0.3 is 10.1 Å². The molecule has 0 aromatic heterocycles. The lowest BCUT2D eigenvalue weighted by atomic mass is 9.95. The minimum absolute atomic E-state index is 0.144. The first-order chi connectivity index (χ1) is 17.9. The Balaban J connectivity index is 1.36. The molecule has 1 atom stereocenters. The topological polar surface area (TPSA) is 75.7 Å². The summed E-state index contributed by atoms with van der Waals surface area (Å²) < 4.78 is 34.5. The largest absolute Gasteiger partial charge is 0.457 e. The zero-order valence-electron chi connectivity index (χ0n) is 20.5. The van der Waals surface area contributed by atoms with Gasteiger partial charge in [0.15, 0.2) is 0 Å². The van der Waals surface area contributed by atoms with Crippen molar-refractivity contribution in [2.24, 2.45) is 0 Å². The molecule has 1 amide bonds. The minimum Gasteiger partial charge on any atom is -0.457 e. The molecule has 37 heavy (non-hydrogen) atoms. The molecule has 5 rings (SSSR count). The van der Waals surface area contributed by atoms with Crippen LogP contribution in [0.25, 0.3) is 0 Å². The number of amides is 1. The first-order valence-electron chi connectivity index (χ1n) is 12.1. The van der Waals surface area contributed by atoms with Crippen LogP contribution in [-0.4, -0.2) is 24.7 Å². The summed E-state index contributed by atoms with van der Waals surface area (Å²) in [6, 6.07) is 30.5. The minimum atomic E-state index is -3.89. The zero-order valence-corrected chi connectivity index (χ0v) is 21.3. The van der Waals surface area contributed by atoms with Gasteiger partial charge in [-0.15, -0.1) is 0 Å². The van der Waals surface area contributed by atoms with Gasteiger partial charge >= 0.3 is 0 Å². The summed E-state index contributed by atoms with van der Waals surface area (Å²) in [5.41, 5.74) is 3.71. The molecule has 0 bridgehead atoms. The average molecular weight is 513 g/mol. The molecule has 0 saturated heterocycles. The highest BCUT2D eigenvalue weighted by Crippen LogP contribution is 2.29. The molecule has 7 heteroatoms. The molecule has 1 N–H and O–H groups in total. The number of carbonyl (C=O) groups excluding carboxylic acids is 1. The summed E-state index contributed by atoms with van der Waals surface area (Å²) in [4.78, 5) is 13.6. The van der Waals surface area contributed by atoms with Crippen molar-refractivity contribution < 1.29 is 17.9 Å². The molecule has 1 aliphatic heterocycles. The summed E-state index contributed by atoms with van der Waals surface area (Å²) in [5, 5.41) is 2.95. The number of fused-ring (bicyclic) bond motifs is 1. The molecule has 4 aromatic rings. The van der Waals surface area contributed by atoms with Crippen LogP contribution >= 0.6 is 0 Å². The number of nitrogens with one attached hydrogen (secondary N) is 1. The number of nitrogens with zero attached hydrogens (tertiary/aromatic N) is 1. The standard InChI is InChI=1S/C30H28N2O4S/c1-22-14-16-28(17-15-22)37(34,35)32-21-25-10-6-5-9-24(25)19-29(32)30(33)31-20-23-8-7-13-27(18-23)36-26-11-3-2-4-12-26/h2-18,29H,19-21H2,1H3,(H,31,33). The summed E-state index contributed by atoms with van der Waals surface area (Å²) in [7, 11) is -3.89. The van der Waals surface area contributed by atoms with Crippen LogP contribution in [0.4, 0.5) is 0 Å². The molecule has 188 valence electrons. The molecule has 1 unspecified atom stereocenters. The third-order valence-electron chi connectivity index (χ3n) is 6.48. The smallest absolute Gasteiger partial charge is 0.244 e. The van der Waals surface area contributed by atoms with Crippen LogP contribution < -0.4 is 10.1 Å². The van der Waals surface area contributed by atoms with E-state index < -0.39 is 16.1 Å². The van der Waals surface area contributed by atoms with Crippen LogP contribution in [0.2, 0.25) is 0 Å². The van der Waals surface area contributed by atoms with E-state index in [2.05, 4.69) is 5.32 Å². The molecule has 1 heterocycles. The van der Waals surface area contributed by atoms with Gasteiger partial charge in [0.05, 0.1) is 4.90 Å². The number of carbonyl (C=O) groups is 1. The average Bonchev–Trinajstić information content (AvgIpc) is 2.92. The summed E-state index contributed by atoms with van der Waals surface area (Å²) in [6.45, 7) is 2.30. The number of sulfonamides is 1. The molecular weight excluding hydrogens is 484 g/mol. The quantitative estimate of drug-likeness (QED) is 0.368. The fourth-order valence-electron chi connectivity index (χ4n) is 4.47. The van der Waals surface area contributed by atoms with Gasteiger partial charge in [-0.1, -0.05) is 72.3 Å². The fraction of sp³-hybridized carbons (Fsp3) is 0.167. The van der Waals surface area contributed by atoms with E-state index >= 15 is 0 Å². The van der Waals surface area contributed by atoms with E-state index in [0.29, 0.717) is 12.2 Å². The number of hydrogen-bond donors (Lipinski definition) is 1. The Bertz CT molecular complexity index is 1500. The molecule has 4 aromatic carbocycles. The molecule has 0 aliphatic carbocycles. The summed E-state index contributed by atoms with van der Waals surface area (Å²) in [5.74, 6) is 1.05. The summed E-state index contributed by atoms with van der Waals surface area (Å²) in [6.07, 6.45) is 0.310. The number of ether oxygens (including phenoxy) is 1. The van der Waals surface area contributed by atoms with E-state index in [1.54, 1.807) is 24.3 Å². The van der Waals surface area contributed by atoms with Gasteiger partial charge in [-0.25, -0.2) is 8.42 Å². The Labute approximate surface area is 217 Å². The van der Waals surface area contributed by atoms with Crippen LogP contribution in [-0.2, 0) is 34.3 Å². The van der Waals surface area contributed by atoms with Gasteiger partial charge in [0.2, 0.25) is 15.9 Å². The van der Waals surface area contributed by atoms with Gasteiger partial charge in [-0.3, -0.25) is 4.79 Å². The number of benzene rings is 4. The third-order valence-corrected chi connectivity index (χ3v) is 8.35. The van der Waals surface area contributed by atoms with Crippen LogP contribution in [0.5, 0.6) is 11.5 Å². The van der Waals surface area contributed by atoms with Crippen molar-refractivity contribution in [2.45, 2.75) is 37.4 Å². The molecule has 6 nitrogen and oxygen atoms in total. The third kappa shape index (κ3) is 5.58. The fourth-order valence-corrected chi connectivity index (χ4v) is 6.04. The maximum Gasteiger partial charge on any atom is 0.244 e. The van der Waals surface area contributed by atoms with Gasteiger partial charge in [-0.05, 0) is 66.4 Å². The van der Waals surface area contributed by atoms with Crippen molar-refractivity contribution in [3.8, 4) is 11.5 Å². The molecular formula is C30H28N2O4S.